The van der Waals surface area contributed by atoms with Crippen LogP contribution in [0.2, 0.25) is 0 Å². The van der Waals surface area contributed by atoms with Gasteiger partial charge in [0, 0.05) is 0 Å². The average molecular weight is 201 g/mol. The molecular formula is C7H11N3O2S. The van der Waals surface area contributed by atoms with Gasteiger partial charge in [0.15, 0.2) is 0 Å². The molecule has 0 saturated heterocycles. The van der Waals surface area contributed by atoms with E-state index < -0.39 is 10.0 Å². The second kappa shape index (κ2) is 3.33. The van der Waals surface area contributed by atoms with Gasteiger partial charge in [0.2, 0.25) is 10.0 Å². The van der Waals surface area contributed by atoms with E-state index in [1.165, 1.54) is 12.1 Å². The van der Waals surface area contributed by atoms with Crippen LogP contribution in [0.15, 0.2) is 23.1 Å². The first kappa shape index (κ1) is 9.97. The zero-order valence-corrected chi connectivity index (χ0v) is 7.93. The summed E-state index contributed by atoms with van der Waals surface area (Å²) in [7, 11) is -3.62. The Kier molecular flexibility index (Phi) is 2.55. The van der Waals surface area contributed by atoms with E-state index in [0.717, 1.165) is 5.56 Å². The van der Waals surface area contributed by atoms with Crippen LogP contribution in [0.1, 0.15) is 5.56 Å². The van der Waals surface area contributed by atoms with E-state index in [4.69, 9.17) is 11.0 Å². The number of rotatable bonds is 2. The lowest BCUT2D eigenvalue weighted by atomic mass is 10.2. The molecule has 5 N–H and O–H groups in total. The van der Waals surface area contributed by atoms with Gasteiger partial charge < -0.3 is 5.43 Å². The summed E-state index contributed by atoms with van der Waals surface area (Å²) >= 11 is 0. The number of aryl methyl sites for hydroxylation is 1. The van der Waals surface area contributed by atoms with Gasteiger partial charge >= 0.3 is 0 Å². The molecule has 72 valence electrons. The summed E-state index contributed by atoms with van der Waals surface area (Å²) in [4.78, 5) is 0.0870. The predicted octanol–water partition coefficient (Wildman–Crippen LogP) is -0.0720. The monoisotopic (exact) mass is 201 g/mol. The Bertz CT molecular complexity index is 414. The Morgan fingerprint density at radius 2 is 2.00 bits per heavy atom. The lowest BCUT2D eigenvalue weighted by Gasteiger charge is -2.05. The molecule has 0 aromatic heterocycles. The molecule has 6 heteroatoms. The highest BCUT2D eigenvalue weighted by Crippen LogP contribution is 2.17. The summed E-state index contributed by atoms with van der Waals surface area (Å²) in [5, 5.41) is 4.94. The third-order valence-corrected chi connectivity index (χ3v) is 2.59. The van der Waals surface area contributed by atoms with Crippen molar-refractivity contribution in [3.8, 4) is 0 Å². The summed E-state index contributed by atoms with van der Waals surface area (Å²) in [6.45, 7) is 1.74. The largest absolute Gasteiger partial charge is 0.324 e. The Labute approximate surface area is 76.8 Å². The van der Waals surface area contributed by atoms with Gasteiger partial charge in [0.25, 0.3) is 0 Å². The third-order valence-electron chi connectivity index (χ3n) is 1.68. The Balaban J connectivity index is 3.26. The van der Waals surface area contributed by atoms with Crippen molar-refractivity contribution in [2.75, 3.05) is 5.43 Å². The molecule has 0 aliphatic rings. The number of nitrogen functional groups attached to an aromatic ring is 1. The fraction of sp³-hybridized carbons (Fsp3) is 0.143. The highest BCUT2D eigenvalue weighted by Gasteiger charge is 2.08. The summed E-state index contributed by atoms with van der Waals surface area (Å²) in [5.41, 5.74) is 3.84. The molecule has 13 heavy (non-hydrogen) atoms. The van der Waals surface area contributed by atoms with Crippen molar-refractivity contribution in [3.63, 3.8) is 0 Å². The molecule has 0 bridgehead atoms. The minimum Gasteiger partial charge on any atom is -0.324 e. The van der Waals surface area contributed by atoms with E-state index in [0.29, 0.717) is 5.69 Å². The quantitative estimate of drug-likeness (QED) is 0.460. The Morgan fingerprint density at radius 1 is 1.38 bits per heavy atom. The fourth-order valence-corrected chi connectivity index (χ4v) is 1.57. The second-order valence-corrected chi connectivity index (χ2v) is 4.23. The van der Waals surface area contributed by atoms with E-state index in [9.17, 15) is 8.42 Å². The second-order valence-electron chi connectivity index (χ2n) is 2.67. The molecule has 0 saturated carbocycles. The molecule has 0 radical (unpaired) electrons. The van der Waals surface area contributed by atoms with Gasteiger partial charge in [0.05, 0.1) is 10.6 Å². The molecule has 5 nitrogen and oxygen atoms in total. The molecule has 0 aliphatic heterocycles. The number of benzene rings is 1. The maximum Gasteiger partial charge on any atom is 0.238 e. The highest BCUT2D eigenvalue weighted by molar-refractivity contribution is 7.89. The first-order chi connectivity index (χ1) is 5.95. The van der Waals surface area contributed by atoms with Crippen molar-refractivity contribution in [1.29, 1.82) is 0 Å². The number of nitrogens with one attached hydrogen (secondary N) is 1. The molecule has 0 amide bonds. The molecule has 0 aliphatic carbocycles. The van der Waals surface area contributed by atoms with E-state index in [-0.39, 0.29) is 4.90 Å². The highest BCUT2D eigenvalue weighted by atomic mass is 32.2. The summed E-state index contributed by atoms with van der Waals surface area (Å²) in [6, 6.07) is 4.43. The normalized spacial score (nSPS) is 11.3. The van der Waals surface area contributed by atoms with Gasteiger partial charge in [-0.1, -0.05) is 0 Å². The smallest absolute Gasteiger partial charge is 0.238 e. The fourth-order valence-electron chi connectivity index (χ4n) is 0.975. The molecule has 0 fully saturated rings. The van der Waals surface area contributed by atoms with Crippen LogP contribution in [0.5, 0.6) is 0 Å². The van der Waals surface area contributed by atoms with Crippen LogP contribution in [-0.4, -0.2) is 8.42 Å². The predicted molar refractivity (Wildman–Crippen MR) is 50.4 cm³/mol. The molecule has 0 heterocycles. The van der Waals surface area contributed by atoms with E-state index >= 15 is 0 Å². The van der Waals surface area contributed by atoms with Crippen LogP contribution >= 0.6 is 0 Å². The van der Waals surface area contributed by atoms with Crippen molar-refractivity contribution < 1.29 is 8.42 Å². The summed E-state index contributed by atoms with van der Waals surface area (Å²) in [6.07, 6.45) is 0. The number of hydrazine groups is 1. The minimum absolute atomic E-state index is 0.0870. The molecular weight excluding hydrogens is 190 g/mol. The van der Waals surface area contributed by atoms with Crippen molar-refractivity contribution in [2.45, 2.75) is 11.8 Å². The standard InChI is InChI=1S/C7H11N3O2S/c1-5-4-6(13(9,11)12)2-3-7(5)10-8/h2-4,10H,8H2,1H3,(H2,9,11,12). The van der Waals surface area contributed by atoms with Gasteiger partial charge in [-0.2, -0.15) is 0 Å². The SMILES string of the molecule is Cc1cc(S(N)(=O)=O)ccc1NN. The summed E-state index contributed by atoms with van der Waals surface area (Å²) < 4.78 is 21.8. The maximum absolute atomic E-state index is 10.9. The van der Waals surface area contributed by atoms with Crippen molar-refractivity contribution >= 4 is 15.7 Å². The molecule has 0 atom stereocenters. The van der Waals surface area contributed by atoms with E-state index in [1.807, 2.05) is 0 Å². The number of anilines is 1. The van der Waals surface area contributed by atoms with Crippen LogP contribution in [0.3, 0.4) is 0 Å². The number of hydrogen-bond acceptors (Lipinski definition) is 4. The van der Waals surface area contributed by atoms with Gasteiger partial charge in [-0.3, -0.25) is 5.84 Å². The third kappa shape index (κ3) is 2.18. The average Bonchev–Trinajstić information content (AvgIpc) is 2.02. The van der Waals surface area contributed by atoms with Crippen LogP contribution in [0, 0.1) is 6.92 Å². The van der Waals surface area contributed by atoms with Crippen molar-refractivity contribution in [3.05, 3.63) is 23.8 Å². The van der Waals surface area contributed by atoms with E-state index in [2.05, 4.69) is 5.43 Å². The lowest BCUT2D eigenvalue weighted by molar-refractivity contribution is 0.597. The summed E-state index contributed by atoms with van der Waals surface area (Å²) in [5.74, 6) is 5.18. The van der Waals surface area contributed by atoms with Crippen molar-refractivity contribution in [2.24, 2.45) is 11.0 Å². The van der Waals surface area contributed by atoms with Crippen molar-refractivity contribution in [1.82, 2.24) is 0 Å². The van der Waals surface area contributed by atoms with Gasteiger partial charge in [0.1, 0.15) is 0 Å². The number of hydrogen-bond donors (Lipinski definition) is 3. The molecule has 1 aromatic carbocycles. The number of nitrogens with two attached hydrogens (primary N) is 2. The zero-order chi connectivity index (χ0) is 10.1. The number of primary sulfonamides is 1. The van der Waals surface area contributed by atoms with Gasteiger partial charge in [-0.25, -0.2) is 13.6 Å². The van der Waals surface area contributed by atoms with Crippen LogP contribution < -0.4 is 16.4 Å². The minimum atomic E-state index is -3.62. The Morgan fingerprint density at radius 3 is 2.38 bits per heavy atom. The number of sulfonamides is 1. The first-order valence-corrected chi connectivity index (χ1v) is 5.10. The zero-order valence-electron chi connectivity index (χ0n) is 7.11. The Hall–Kier alpha value is -1.11. The lowest BCUT2D eigenvalue weighted by Crippen LogP contribution is -2.13. The van der Waals surface area contributed by atoms with Crippen LogP contribution in [0.4, 0.5) is 5.69 Å². The van der Waals surface area contributed by atoms with E-state index in [1.54, 1.807) is 13.0 Å². The maximum atomic E-state index is 10.9. The first-order valence-electron chi connectivity index (χ1n) is 3.55. The van der Waals surface area contributed by atoms with Gasteiger partial charge in [-0.05, 0) is 30.7 Å². The molecule has 0 unspecified atom stereocenters. The molecule has 1 rings (SSSR count). The molecule has 1 aromatic rings. The molecule has 0 spiro atoms. The topological polar surface area (TPSA) is 98.2 Å². The van der Waals surface area contributed by atoms with Crippen LogP contribution in [-0.2, 0) is 10.0 Å². The van der Waals surface area contributed by atoms with Crippen LogP contribution in [0.25, 0.3) is 0 Å². The van der Waals surface area contributed by atoms with Gasteiger partial charge in [-0.15, -0.1) is 0 Å².